The van der Waals surface area contributed by atoms with Crippen molar-refractivity contribution in [2.24, 2.45) is 0 Å². The monoisotopic (exact) mass is 347 g/mol. The maximum Gasteiger partial charge on any atom is 0.318 e. The maximum atomic E-state index is 12.9. The number of hydrogen-bond acceptors (Lipinski definition) is 2. The van der Waals surface area contributed by atoms with Gasteiger partial charge < -0.3 is 15.5 Å². The third kappa shape index (κ3) is 4.71. The molecule has 3 amide bonds. The Labute approximate surface area is 148 Å². The molecule has 0 unspecified atom stereocenters. The van der Waals surface area contributed by atoms with E-state index in [0.29, 0.717) is 19.5 Å². The van der Waals surface area contributed by atoms with Gasteiger partial charge in [-0.2, -0.15) is 0 Å². The van der Waals surface area contributed by atoms with Crippen LogP contribution in [0.4, 0.5) is 9.18 Å². The zero-order chi connectivity index (χ0) is 17.6. The van der Waals surface area contributed by atoms with Crippen molar-refractivity contribution in [3.05, 3.63) is 35.6 Å². The number of carbonyl (C=O) groups excluding carboxylic acids is 2. The molecule has 1 saturated carbocycles. The van der Waals surface area contributed by atoms with Crippen molar-refractivity contribution in [1.29, 1.82) is 0 Å². The van der Waals surface area contributed by atoms with Crippen molar-refractivity contribution in [2.45, 2.75) is 63.6 Å². The van der Waals surface area contributed by atoms with E-state index in [0.717, 1.165) is 37.7 Å². The summed E-state index contributed by atoms with van der Waals surface area (Å²) in [6.07, 6.45) is 7.14. The van der Waals surface area contributed by atoms with E-state index in [1.54, 1.807) is 17.0 Å². The van der Waals surface area contributed by atoms with Crippen LogP contribution in [0, 0.1) is 5.82 Å². The first-order valence-corrected chi connectivity index (χ1v) is 9.23. The highest BCUT2D eigenvalue weighted by atomic mass is 19.1. The molecule has 1 heterocycles. The van der Waals surface area contributed by atoms with Crippen molar-refractivity contribution < 1.29 is 14.0 Å². The first kappa shape index (κ1) is 17.7. The summed E-state index contributed by atoms with van der Waals surface area (Å²) >= 11 is 0. The van der Waals surface area contributed by atoms with Gasteiger partial charge >= 0.3 is 6.03 Å². The second-order valence-corrected chi connectivity index (χ2v) is 6.98. The molecule has 2 aliphatic rings. The highest BCUT2D eigenvalue weighted by Crippen LogP contribution is 2.21. The summed E-state index contributed by atoms with van der Waals surface area (Å²) in [4.78, 5) is 26.7. The topological polar surface area (TPSA) is 61.4 Å². The highest BCUT2D eigenvalue weighted by molar-refractivity contribution is 5.87. The molecule has 0 bridgehead atoms. The number of nitrogens with zero attached hydrogens (tertiary/aromatic N) is 1. The zero-order valence-corrected chi connectivity index (χ0v) is 14.5. The first-order chi connectivity index (χ1) is 12.1. The molecule has 1 aliphatic heterocycles. The number of carbonyl (C=O) groups is 2. The summed E-state index contributed by atoms with van der Waals surface area (Å²) in [5.41, 5.74) is 0.839. The fourth-order valence-electron chi connectivity index (χ4n) is 3.70. The molecule has 0 spiro atoms. The van der Waals surface area contributed by atoms with Gasteiger partial charge in [0.05, 0.1) is 0 Å². The number of amides is 3. The smallest absolute Gasteiger partial charge is 0.318 e. The molecule has 1 aromatic rings. The molecule has 2 N–H and O–H groups in total. The molecule has 1 saturated heterocycles. The number of hydrogen-bond donors (Lipinski definition) is 2. The van der Waals surface area contributed by atoms with Crippen LogP contribution in [0.25, 0.3) is 0 Å². The van der Waals surface area contributed by atoms with E-state index in [1.165, 1.54) is 18.6 Å². The number of halogens is 1. The van der Waals surface area contributed by atoms with Crippen molar-refractivity contribution in [3.8, 4) is 0 Å². The summed E-state index contributed by atoms with van der Waals surface area (Å²) < 4.78 is 12.9. The lowest BCUT2D eigenvalue weighted by Gasteiger charge is -2.29. The highest BCUT2D eigenvalue weighted by Gasteiger charge is 2.34. The van der Waals surface area contributed by atoms with E-state index in [2.05, 4.69) is 10.6 Å². The Bertz CT molecular complexity index is 599. The van der Waals surface area contributed by atoms with E-state index >= 15 is 0 Å². The van der Waals surface area contributed by atoms with Gasteiger partial charge in [0.25, 0.3) is 0 Å². The Morgan fingerprint density at radius 3 is 2.48 bits per heavy atom. The van der Waals surface area contributed by atoms with Gasteiger partial charge in [-0.3, -0.25) is 4.79 Å². The van der Waals surface area contributed by atoms with Crippen LogP contribution >= 0.6 is 0 Å². The molecule has 5 nitrogen and oxygen atoms in total. The Morgan fingerprint density at radius 2 is 1.76 bits per heavy atom. The van der Waals surface area contributed by atoms with Gasteiger partial charge in [0, 0.05) is 19.1 Å². The number of nitrogens with one attached hydrogen (secondary N) is 2. The normalized spacial score (nSPS) is 21.2. The molecule has 1 aromatic carbocycles. The van der Waals surface area contributed by atoms with Crippen LogP contribution in [0.3, 0.4) is 0 Å². The lowest BCUT2D eigenvalue weighted by atomic mass is 9.96. The lowest BCUT2D eigenvalue weighted by Crippen LogP contribution is -2.51. The van der Waals surface area contributed by atoms with E-state index in [9.17, 15) is 14.0 Å². The van der Waals surface area contributed by atoms with Gasteiger partial charge in [0.1, 0.15) is 11.9 Å². The summed E-state index contributed by atoms with van der Waals surface area (Å²) in [7, 11) is 0. The number of likely N-dealkylation sites (tertiary alicyclic amines) is 1. The van der Waals surface area contributed by atoms with Crippen LogP contribution in [0.5, 0.6) is 0 Å². The predicted octanol–water partition coefficient (Wildman–Crippen LogP) is 2.95. The van der Waals surface area contributed by atoms with E-state index < -0.39 is 6.04 Å². The average Bonchev–Trinajstić information content (AvgIpc) is 3.12. The Hall–Kier alpha value is -2.11. The van der Waals surface area contributed by atoms with Gasteiger partial charge in [-0.25, -0.2) is 9.18 Å². The summed E-state index contributed by atoms with van der Waals surface area (Å²) in [5.74, 6) is -0.433. The molecular weight excluding hydrogens is 321 g/mol. The van der Waals surface area contributed by atoms with Crippen LogP contribution < -0.4 is 10.6 Å². The SMILES string of the molecule is O=C(NCc1ccc(F)cc1)[C@H]1CCCN1C(=O)NC1CCCCC1. The molecule has 0 radical (unpaired) electrons. The Morgan fingerprint density at radius 1 is 1.04 bits per heavy atom. The second-order valence-electron chi connectivity index (χ2n) is 6.98. The van der Waals surface area contributed by atoms with Crippen LogP contribution in [0.1, 0.15) is 50.5 Å². The van der Waals surface area contributed by atoms with Crippen molar-refractivity contribution in [1.82, 2.24) is 15.5 Å². The van der Waals surface area contributed by atoms with Gasteiger partial charge in [0.2, 0.25) is 5.91 Å². The second kappa shape index (κ2) is 8.32. The van der Waals surface area contributed by atoms with Gasteiger partial charge in [-0.15, -0.1) is 0 Å². The standard InChI is InChI=1S/C19H26FN3O2/c20-15-10-8-14(9-11-15)13-21-18(24)17-7-4-12-23(17)19(25)22-16-5-2-1-3-6-16/h8-11,16-17H,1-7,12-13H2,(H,21,24)(H,22,25)/t17-/m1/s1. The van der Waals surface area contributed by atoms with E-state index in [1.807, 2.05) is 0 Å². The number of benzene rings is 1. The number of urea groups is 1. The van der Waals surface area contributed by atoms with Crippen molar-refractivity contribution in [2.75, 3.05) is 6.54 Å². The van der Waals surface area contributed by atoms with Crippen molar-refractivity contribution >= 4 is 11.9 Å². The Kier molecular flexibility index (Phi) is 5.89. The molecule has 1 atom stereocenters. The molecule has 6 heteroatoms. The average molecular weight is 347 g/mol. The van der Waals surface area contributed by atoms with Gasteiger partial charge in [0.15, 0.2) is 0 Å². The molecule has 2 fully saturated rings. The molecule has 0 aromatic heterocycles. The maximum absolute atomic E-state index is 12.9. The minimum absolute atomic E-state index is 0.119. The largest absolute Gasteiger partial charge is 0.350 e. The van der Waals surface area contributed by atoms with Gasteiger partial charge in [-0.1, -0.05) is 31.4 Å². The first-order valence-electron chi connectivity index (χ1n) is 9.23. The summed E-state index contributed by atoms with van der Waals surface area (Å²) in [5, 5.41) is 5.96. The summed E-state index contributed by atoms with van der Waals surface area (Å²) in [6.45, 7) is 0.959. The minimum Gasteiger partial charge on any atom is -0.350 e. The van der Waals surface area contributed by atoms with Gasteiger partial charge in [-0.05, 0) is 43.4 Å². The lowest BCUT2D eigenvalue weighted by molar-refractivity contribution is -0.124. The van der Waals surface area contributed by atoms with Crippen LogP contribution in [0.15, 0.2) is 24.3 Å². The van der Waals surface area contributed by atoms with Crippen LogP contribution in [-0.4, -0.2) is 35.5 Å². The molecule has 1 aliphatic carbocycles. The van der Waals surface area contributed by atoms with Crippen LogP contribution in [0.2, 0.25) is 0 Å². The quantitative estimate of drug-likeness (QED) is 0.880. The Balaban J connectivity index is 1.51. The fourth-order valence-corrected chi connectivity index (χ4v) is 3.70. The van der Waals surface area contributed by atoms with Crippen molar-refractivity contribution in [3.63, 3.8) is 0 Å². The molecule has 136 valence electrons. The van der Waals surface area contributed by atoms with E-state index in [4.69, 9.17) is 0 Å². The third-order valence-electron chi connectivity index (χ3n) is 5.13. The zero-order valence-electron chi connectivity index (χ0n) is 14.5. The molecule has 25 heavy (non-hydrogen) atoms. The molecular formula is C19H26FN3O2. The summed E-state index contributed by atoms with van der Waals surface area (Å²) in [6, 6.07) is 5.76. The minimum atomic E-state index is -0.413. The fraction of sp³-hybridized carbons (Fsp3) is 0.579. The number of rotatable bonds is 4. The predicted molar refractivity (Wildman–Crippen MR) is 93.4 cm³/mol. The third-order valence-corrected chi connectivity index (χ3v) is 5.13. The molecule has 3 rings (SSSR count). The van der Waals surface area contributed by atoms with E-state index in [-0.39, 0.29) is 23.8 Å². The van der Waals surface area contributed by atoms with Crippen LogP contribution in [-0.2, 0) is 11.3 Å².